The molecule has 294 valence electrons. The van der Waals surface area contributed by atoms with Crippen molar-refractivity contribution in [1.82, 2.24) is 0 Å². The number of anilines is 3. The van der Waals surface area contributed by atoms with Gasteiger partial charge < -0.3 is 4.90 Å². The van der Waals surface area contributed by atoms with Gasteiger partial charge in [0.2, 0.25) is 0 Å². The second-order valence-corrected chi connectivity index (χ2v) is 16.9. The van der Waals surface area contributed by atoms with Gasteiger partial charge in [0.1, 0.15) is 0 Å². The molecule has 0 spiro atoms. The summed E-state index contributed by atoms with van der Waals surface area (Å²) in [5.41, 5.74) is 20.7. The smallest absolute Gasteiger partial charge is 0.0465 e. The molecule has 62 heavy (non-hydrogen) atoms. The molecule has 0 saturated heterocycles. The highest BCUT2D eigenvalue weighted by Crippen LogP contribution is 2.51. The summed E-state index contributed by atoms with van der Waals surface area (Å²) in [6.45, 7) is 4.72. The third-order valence-corrected chi connectivity index (χ3v) is 12.9. The van der Waals surface area contributed by atoms with Crippen molar-refractivity contribution in [3.8, 4) is 66.8 Å². The van der Waals surface area contributed by atoms with Crippen LogP contribution in [-0.2, 0) is 5.41 Å². The van der Waals surface area contributed by atoms with Crippen LogP contribution in [-0.4, -0.2) is 0 Å². The highest BCUT2D eigenvalue weighted by Gasteiger charge is 2.35. The maximum Gasteiger partial charge on any atom is 0.0465 e. The Bertz CT molecular complexity index is 3230. The Kier molecular flexibility index (Phi) is 9.24. The van der Waals surface area contributed by atoms with E-state index in [0.717, 1.165) is 17.1 Å². The molecule has 1 aliphatic rings. The number of rotatable bonds is 8. The lowest BCUT2D eigenvalue weighted by Gasteiger charge is -2.28. The Labute approximate surface area is 364 Å². The van der Waals surface area contributed by atoms with Crippen LogP contribution in [0, 0.1) is 0 Å². The molecule has 0 atom stereocenters. The van der Waals surface area contributed by atoms with Crippen molar-refractivity contribution in [3.63, 3.8) is 0 Å². The monoisotopic (exact) mass is 791 g/mol. The van der Waals surface area contributed by atoms with E-state index >= 15 is 0 Å². The zero-order valence-electron chi connectivity index (χ0n) is 35.0. The Balaban J connectivity index is 1.05. The van der Waals surface area contributed by atoms with Gasteiger partial charge in [0.05, 0.1) is 0 Å². The van der Waals surface area contributed by atoms with Crippen molar-refractivity contribution in [3.05, 3.63) is 248 Å². The molecule has 0 heterocycles. The van der Waals surface area contributed by atoms with Gasteiger partial charge in [-0.05, 0) is 125 Å². The summed E-state index contributed by atoms with van der Waals surface area (Å²) in [5.74, 6) is 0. The first-order valence-corrected chi connectivity index (χ1v) is 21.6. The third kappa shape index (κ3) is 6.42. The molecule has 0 radical (unpaired) electrons. The maximum absolute atomic E-state index is 2.42. The number of nitrogens with zero attached hydrogens (tertiary/aromatic N) is 1. The van der Waals surface area contributed by atoms with Gasteiger partial charge in [-0.2, -0.15) is 0 Å². The molecule has 0 amide bonds. The molecule has 11 rings (SSSR count). The first-order valence-electron chi connectivity index (χ1n) is 21.6. The van der Waals surface area contributed by atoms with E-state index in [4.69, 9.17) is 0 Å². The van der Waals surface area contributed by atoms with E-state index in [1.807, 2.05) is 0 Å². The van der Waals surface area contributed by atoms with Gasteiger partial charge >= 0.3 is 0 Å². The Hall–Kier alpha value is -7.74. The van der Waals surface area contributed by atoms with Gasteiger partial charge in [0.15, 0.2) is 0 Å². The second kappa shape index (κ2) is 15.4. The van der Waals surface area contributed by atoms with Gasteiger partial charge in [-0.1, -0.05) is 214 Å². The zero-order valence-corrected chi connectivity index (χ0v) is 35.0. The SMILES string of the molecule is CC1(C)c2ccccc2-c2ccc(N(c3ccc(-c4cccc(-c5ccccc5)c4-c4ccccc4-c4ccccc4)cc3)c3ccc(-c4cccc5ccccc45)cc3)cc21. The summed E-state index contributed by atoms with van der Waals surface area (Å²) < 4.78 is 0. The molecular formula is C61H45N. The molecule has 0 fully saturated rings. The Morgan fingerprint density at radius 2 is 0.726 bits per heavy atom. The van der Waals surface area contributed by atoms with E-state index in [9.17, 15) is 0 Å². The minimum absolute atomic E-state index is 0.119. The lowest BCUT2D eigenvalue weighted by Crippen LogP contribution is -2.16. The minimum Gasteiger partial charge on any atom is -0.310 e. The Morgan fingerprint density at radius 1 is 0.290 bits per heavy atom. The highest BCUT2D eigenvalue weighted by atomic mass is 15.1. The molecule has 10 aromatic carbocycles. The molecule has 0 N–H and O–H groups in total. The Morgan fingerprint density at radius 3 is 1.40 bits per heavy atom. The number of fused-ring (bicyclic) bond motifs is 4. The summed E-state index contributed by atoms with van der Waals surface area (Å²) in [7, 11) is 0. The van der Waals surface area contributed by atoms with Crippen LogP contribution in [0.5, 0.6) is 0 Å². The van der Waals surface area contributed by atoms with Crippen molar-refractivity contribution in [2.45, 2.75) is 19.3 Å². The molecule has 1 aliphatic carbocycles. The van der Waals surface area contributed by atoms with E-state index in [-0.39, 0.29) is 5.41 Å². The van der Waals surface area contributed by atoms with Gasteiger partial charge in [0, 0.05) is 22.5 Å². The largest absolute Gasteiger partial charge is 0.310 e. The molecule has 1 heteroatoms. The van der Waals surface area contributed by atoms with Crippen LogP contribution < -0.4 is 4.90 Å². The summed E-state index contributed by atoms with van der Waals surface area (Å²) in [5, 5.41) is 2.51. The van der Waals surface area contributed by atoms with Gasteiger partial charge in [-0.3, -0.25) is 0 Å². The first-order chi connectivity index (χ1) is 30.5. The van der Waals surface area contributed by atoms with Crippen LogP contribution in [0.15, 0.2) is 237 Å². The van der Waals surface area contributed by atoms with E-state index in [1.165, 1.54) is 88.7 Å². The number of benzene rings is 10. The second-order valence-electron chi connectivity index (χ2n) is 16.9. The van der Waals surface area contributed by atoms with Gasteiger partial charge in [-0.25, -0.2) is 0 Å². The third-order valence-electron chi connectivity index (χ3n) is 12.9. The molecule has 0 bridgehead atoms. The molecule has 0 unspecified atom stereocenters. The average Bonchev–Trinajstić information content (AvgIpc) is 3.57. The van der Waals surface area contributed by atoms with Gasteiger partial charge in [0.25, 0.3) is 0 Å². The molecule has 0 saturated carbocycles. The van der Waals surface area contributed by atoms with Crippen LogP contribution >= 0.6 is 0 Å². The van der Waals surface area contributed by atoms with E-state index in [0.29, 0.717) is 0 Å². The van der Waals surface area contributed by atoms with Crippen LogP contribution in [0.3, 0.4) is 0 Å². The lowest BCUT2D eigenvalue weighted by atomic mass is 9.82. The van der Waals surface area contributed by atoms with Crippen molar-refractivity contribution < 1.29 is 0 Å². The molecule has 0 aromatic heterocycles. The fraction of sp³-hybridized carbons (Fsp3) is 0.0492. The minimum atomic E-state index is -0.119. The standard InChI is InChI=1S/C61H45N/c1-61(2)58-30-14-13-25-55(58)56-40-39-49(41-59(56)61)62(47-35-31-45(32-36-47)51-27-15-22-43-21-9-10-23-50(43)51)48-37-33-46(34-38-48)54-29-16-28-53(44-19-7-4-8-20-44)60(54)57-26-12-11-24-52(57)42-17-5-3-6-18-42/h3-41H,1-2H3. The molecule has 0 aliphatic heterocycles. The van der Waals surface area contributed by atoms with Crippen molar-refractivity contribution in [2.75, 3.05) is 4.90 Å². The van der Waals surface area contributed by atoms with E-state index in [2.05, 4.69) is 255 Å². The first kappa shape index (κ1) is 37.3. The summed E-state index contributed by atoms with van der Waals surface area (Å²) in [4.78, 5) is 2.42. The lowest BCUT2D eigenvalue weighted by molar-refractivity contribution is 0.660. The molecular weight excluding hydrogens is 747 g/mol. The van der Waals surface area contributed by atoms with Crippen molar-refractivity contribution >= 4 is 27.8 Å². The summed E-state index contributed by atoms with van der Waals surface area (Å²) >= 11 is 0. The maximum atomic E-state index is 2.42. The zero-order chi connectivity index (χ0) is 41.6. The topological polar surface area (TPSA) is 3.24 Å². The van der Waals surface area contributed by atoms with Crippen molar-refractivity contribution in [2.24, 2.45) is 0 Å². The predicted octanol–water partition coefficient (Wildman–Crippen LogP) is 17.0. The highest BCUT2D eigenvalue weighted by molar-refractivity contribution is 6.00. The normalized spacial score (nSPS) is 12.5. The van der Waals surface area contributed by atoms with Crippen molar-refractivity contribution in [1.29, 1.82) is 0 Å². The van der Waals surface area contributed by atoms with E-state index in [1.54, 1.807) is 0 Å². The number of hydrogen-bond acceptors (Lipinski definition) is 1. The fourth-order valence-corrected chi connectivity index (χ4v) is 9.85. The summed E-state index contributed by atoms with van der Waals surface area (Å²) in [6.07, 6.45) is 0. The van der Waals surface area contributed by atoms with Crippen LogP contribution in [0.2, 0.25) is 0 Å². The predicted molar refractivity (Wildman–Crippen MR) is 263 cm³/mol. The number of hydrogen-bond donors (Lipinski definition) is 0. The van der Waals surface area contributed by atoms with Crippen LogP contribution in [0.4, 0.5) is 17.1 Å². The average molecular weight is 792 g/mol. The molecule has 1 nitrogen and oxygen atoms in total. The van der Waals surface area contributed by atoms with Crippen LogP contribution in [0.1, 0.15) is 25.0 Å². The van der Waals surface area contributed by atoms with Crippen LogP contribution in [0.25, 0.3) is 77.5 Å². The summed E-state index contributed by atoms with van der Waals surface area (Å²) in [6, 6.07) is 86.6. The quantitative estimate of drug-likeness (QED) is 0.148. The van der Waals surface area contributed by atoms with Gasteiger partial charge in [-0.15, -0.1) is 0 Å². The van der Waals surface area contributed by atoms with E-state index < -0.39 is 0 Å². The fourth-order valence-electron chi connectivity index (χ4n) is 9.85. The molecule has 10 aromatic rings.